The molecule has 1 aliphatic rings. The van der Waals surface area contributed by atoms with Gasteiger partial charge in [-0.25, -0.2) is 4.79 Å². The molecule has 1 fully saturated rings. The Labute approximate surface area is 119 Å². The summed E-state index contributed by atoms with van der Waals surface area (Å²) in [6, 6.07) is 5.21. The maximum absolute atomic E-state index is 11.2. The number of hydrogen-bond donors (Lipinski definition) is 2. The normalized spacial score (nSPS) is 27.0. The molecule has 3 nitrogen and oxygen atoms in total. The third-order valence-corrected chi connectivity index (χ3v) is 4.40. The molecule has 0 amide bonds. The second-order valence-electron chi connectivity index (χ2n) is 5.60. The van der Waals surface area contributed by atoms with E-state index in [9.17, 15) is 9.90 Å². The van der Waals surface area contributed by atoms with Crippen LogP contribution >= 0.6 is 11.6 Å². The Morgan fingerprint density at radius 3 is 2.68 bits per heavy atom. The van der Waals surface area contributed by atoms with E-state index >= 15 is 0 Å². The largest absolute Gasteiger partial charge is 0.478 e. The first-order chi connectivity index (χ1) is 8.97. The molecular formula is C15H20ClNO2. The van der Waals surface area contributed by atoms with Crippen molar-refractivity contribution >= 4 is 23.3 Å². The Bertz CT molecular complexity index is 475. The van der Waals surface area contributed by atoms with E-state index < -0.39 is 5.97 Å². The smallest absolute Gasteiger partial charge is 0.337 e. The highest BCUT2D eigenvalue weighted by atomic mass is 35.5. The molecule has 0 aliphatic heterocycles. The van der Waals surface area contributed by atoms with Gasteiger partial charge in [0.15, 0.2) is 0 Å². The van der Waals surface area contributed by atoms with Gasteiger partial charge in [0.1, 0.15) is 0 Å². The lowest BCUT2D eigenvalue weighted by atomic mass is 9.79. The van der Waals surface area contributed by atoms with Gasteiger partial charge < -0.3 is 10.4 Å². The first kappa shape index (κ1) is 14.2. The summed E-state index contributed by atoms with van der Waals surface area (Å²) < 4.78 is 0. The van der Waals surface area contributed by atoms with E-state index in [0.717, 1.165) is 18.8 Å². The van der Waals surface area contributed by atoms with Gasteiger partial charge in [-0.1, -0.05) is 25.4 Å². The van der Waals surface area contributed by atoms with E-state index in [1.165, 1.54) is 6.42 Å². The zero-order chi connectivity index (χ0) is 14.0. The molecule has 1 aromatic carbocycles. The van der Waals surface area contributed by atoms with Gasteiger partial charge in [0.25, 0.3) is 0 Å². The second kappa shape index (κ2) is 5.83. The summed E-state index contributed by atoms with van der Waals surface area (Å²) in [5.74, 6) is 0.492. The molecule has 1 aliphatic carbocycles. The van der Waals surface area contributed by atoms with Gasteiger partial charge in [0.2, 0.25) is 0 Å². The van der Waals surface area contributed by atoms with Crippen molar-refractivity contribution in [1.29, 1.82) is 0 Å². The van der Waals surface area contributed by atoms with Crippen molar-refractivity contribution in [3.63, 3.8) is 0 Å². The van der Waals surface area contributed by atoms with Crippen LogP contribution in [0.2, 0.25) is 5.02 Å². The van der Waals surface area contributed by atoms with E-state index in [0.29, 0.717) is 22.7 Å². The van der Waals surface area contributed by atoms with Crippen LogP contribution in [0.25, 0.3) is 0 Å². The first-order valence-electron chi connectivity index (χ1n) is 6.76. The number of anilines is 1. The lowest BCUT2D eigenvalue weighted by molar-refractivity contribution is 0.0698. The van der Waals surface area contributed by atoms with Crippen LogP contribution in [-0.4, -0.2) is 17.1 Å². The average Bonchev–Trinajstić information content (AvgIpc) is 2.33. The molecular weight excluding hydrogens is 262 g/mol. The Balaban J connectivity index is 2.14. The van der Waals surface area contributed by atoms with E-state index in [1.54, 1.807) is 18.2 Å². The van der Waals surface area contributed by atoms with Crippen LogP contribution in [-0.2, 0) is 0 Å². The molecule has 3 unspecified atom stereocenters. The van der Waals surface area contributed by atoms with E-state index in [-0.39, 0.29) is 5.56 Å². The van der Waals surface area contributed by atoms with E-state index in [1.807, 2.05) is 0 Å². The van der Waals surface area contributed by atoms with Crippen LogP contribution < -0.4 is 5.32 Å². The first-order valence-corrected chi connectivity index (χ1v) is 7.14. The minimum absolute atomic E-state index is 0.288. The van der Waals surface area contributed by atoms with Gasteiger partial charge in [-0.05, 0) is 49.3 Å². The number of halogens is 1. The van der Waals surface area contributed by atoms with Gasteiger partial charge in [-0.15, -0.1) is 0 Å². The molecule has 3 atom stereocenters. The average molecular weight is 282 g/mol. The molecule has 0 saturated heterocycles. The second-order valence-corrected chi connectivity index (χ2v) is 6.04. The van der Waals surface area contributed by atoms with E-state index in [4.69, 9.17) is 11.6 Å². The molecule has 0 radical (unpaired) electrons. The summed E-state index contributed by atoms with van der Waals surface area (Å²) in [5, 5.41) is 13.1. The monoisotopic (exact) mass is 281 g/mol. The van der Waals surface area contributed by atoms with Crippen molar-refractivity contribution in [2.75, 3.05) is 5.32 Å². The summed E-state index contributed by atoms with van der Waals surface area (Å²) in [6.07, 6.45) is 3.34. The number of rotatable bonds is 3. The number of nitrogens with one attached hydrogen (secondary N) is 1. The fourth-order valence-corrected chi connectivity index (χ4v) is 2.89. The maximum atomic E-state index is 11.2. The third kappa shape index (κ3) is 3.41. The van der Waals surface area contributed by atoms with Crippen LogP contribution in [0.4, 0.5) is 5.69 Å². The Morgan fingerprint density at radius 2 is 2.05 bits per heavy atom. The summed E-state index contributed by atoms with van der Waals surface area (Å²) in [6.45, 7) is 4.54. The van der Waals surface area contributed by atoms with Crippen LogP contribution in [0.1, 0.15) is 43.5 Å². The van der Waals surface area contributed by atoms with Gasteiger partial charge in [-0.3, -0.25) is 0 Å². The van der Waals surface area contributed by atoms with Crippen molar-refractivity contribution in [1.82, 2.24) is 0 Å². The standard InChI is InChI=1S/C15H20ClNO2/c1-9-3-5-12(7-10(9)2)17-14-8-11(16)4-6-13(14)15(18)19/h4,6,8-10,12,17H,3,5,7H2,1-2H3,(H,18,19). The molecule has 0 bridgehead atoms. The van der Waals surface area contributed by atoms with Gasteiger partial charge in [-0.2, -0.15) is 0 Å². The fraction of sp³-hybridized carbons (Fsp3) is 0.533. The topological polar surface area (TPSA) is 49.3 Å². The highest BCUT2D eigenvalue weighted by Gasteiger charge is 2.25. The number of carboxylic acids is 1. The highest BCUT2D eigenvalue weighted by Crippen LogP contribution is 2.32. The third-order valence-electron chi connectivity index (χ3n) is 4.17. The molecule has 2 rings (SSSR count). The summed E-state index contributed by atoms with van der Waals surface area (Å²) >= 11 is 5.96. The van der Waals surface area contributed by atoms with Crippen LogP contribution in [0.3, 0.4) is 0 Å². The van der Waals surface area contributed by atoms with Crippen molar-refractivity contribution in [3.8, 4) is 0 Å². The van der Waals surface area contributed by atoms with Crippen molar-refractivity contribution in [3.05, 3.63) is 28.8 Å². The molecule has 4 heteroatoms. The van der Waals surface area contributed by atoms with Crippen LogP contribution in [0, 0.1) is 11.8 Å². The van der Waals surface area contributed by atoms with E-state index in [2.05, 4.69) is 19.2 Å². The molecule has 1 saturated carbocycles. The fourth-order valence-electron chi connectivity index (χ4n) is 2.72. The zero-order valence-electron chi connectivity index (χ0n) is 11.3. The van der Waals surface area contributed by atoms with Crippen molar-refractivity contribution in [2.45, 2.75) is 39.2 Å². The van der Waals surface area contributed by atoms with Gasteiger partial charge in [0.05, 0.1) is 11.3 Å². The molecule has 19 heavy (non-hydrogen) atoms. The lowest BCUT2D eigenvalue weighted by Crippen LogP contribution is -2.30. The Kier molecular flexibility index (Phi) is 4.35. The number of aromatic carboxylic acids is 1. The number of hydrogen-bond acceptors (Lipinski definition) is 2. The predicted molar refractivity (Wildman–Crippen MR) is 78.0 cm³/mol. The quantitative estimate of drug-likeness (QED) is 0.870. The maximum Gasteiger partial charge on any atom is 0.337 e. The molecule has 0 heterocycles. The number of carbonyl (C=O) groups is 1. The molecule has 104 valence electrons. The number of benzene rings is 1. The van der Waals surface area contributed by atoms with Gasteiger partial charge >= 0.3 is 5.97 Å². The SMILES string of the molecule is CC1CCC(Nc2cc(Cl)ccc2C(=O)O)CC1C. The van der Waals surface area contributed by atoms with Crippen LogP contribution in [0.15, 0.2) is 18.2 Å². The zero-order valence-corrected chi connectivity index (χ0v) is 12.1. The molecule has 0 aromatic heterocycles. The van der Waals surface area contributed by atoms with Gasteiger partial charge in [0, 0.05) is 11.1 Å². The summed E-state index contributed by atoms with van der Waals surface area (Å²) in [4.78, 5) is 11.2. The summed E-state index contributed by atoms with van der Waals surface area (Å²) in [5.41, 5.74) is 0.919. The molecule has 0 spiro atoms. The highest BCUT2D eigenvalue weighted by molar-refractivity contribution is 6.31. The number of carboxylic acid groups (broad SMARTS) is 1. The minimum Gasteiger partial charge on any atom is -0.478 e. The Hall–Kier alpha value is -1.22. The lowest BCUT2D eigenvalue weighted by Gasteiger charge is -2.33. The van der Waals surface area contributed by atoms with Crippen molar-refractivity contribution < 1.29 is 9.90 Å². The summed E-state index contributed by atoms with van der Waals surface area (Å²) in [7, 11) is 0. The molecule has 1 aromatic rings. The Morgan fingerprint density at radius 1 is 1.32 bits per heavy atom. The van der Waals surface area contributed by atoms with Crippen LogP contribution in [0.5, 0.6) is 0 Å². The minimum atomic E-state index is -0.920. The molecule has 2 N–H and O–H groups in total. The van der Waals surface area contributed by atoms with Crippen molar-refractivity contribution in [2.24, 2.45) is 11.8 Å². The predicted octanol–water partition coefficient (Wildman–Crippen LogP) is 4.27.